The van der Waals surface area contributed by atoms with Gasteiger partial charge in [0.25, 0.3) is 5.91 Å². The molecule has 3 rings (SSSR count). The number of allylic oxidation sites excluding steroid dienone is 1. The topological polar surface area (TPSA) is 99.2 Å². The number of rotatable bonds is 7. The standard InChI is InChI=1S/C23H36N6O3/c1-23(2,3)15-24-19-11-10-18(26-21(19)29(5)27-31)16-6-8-17(9-7-16)25-22(30)20-14-28(4)12-13-32-20/h6,10-11,17,20,24H,7-9,12-15H2,1-5H3,(H,25,30). The Hall–Kier alpha value is -2.52. The molecule has 2 unspecified atom stereocenters. The van der Waals surface area contributed by atoms with Crippen LogP contribution < -0.4 is 15.6 Å². The molecule has 1 aromatic rings. The number of nitrogens with one attached hydrogen (secondary N) is 2. The normalized spacial score (nSPS) is 22.1. The minimum Gasteiger partial charge on any atom is -0.381 e. The van der Waals surface area contributed by atoms with Crippen molar-refractivity contribution in [1.29, 1.82) is 0 Å². The lowest BCUT2D eigenvalue weighted by Gasteiger charge is -2.31. The minimum atomic E-state index is -0.400. The van der Waals surface area contributed by atoms with Gasteiger partial charge in [-0.3, -0.25) is 4.79 Å². The summed E-state index contributed by atoms with van der Waals surface area (Å²) in [6, 6.07) is 4.02. The highest BCUT2D eigenvalue weighted by Gasteiger charge is 2.27. The molecule has 2 N–H and O–H groups in total. The van der Waals surface area contributed by atoms with Crippen LogP contribution >= 0.6 is 0 Å². The van der Waals surface area contributed by atoms with Gasteiger partial charge in [0.2, 0.25) is 0 Å². The molecule has 2 aliphatic rings. The van der Waals surface area contributed by atoms with E-state index in [0.29, 0.717) is 19.0 Å². The van der Waals surface area contributed by atoms with Gasteiger partial charge in [-0.15, -0.1) is 4.91 Å². The van der Waals surface area contributed by atoms with E-state index in [-0.39, 0.29) is 17.4 Å². The molecule has 0 radical (unpaired) electrons. The predicted octanol–water partition coefficient (Wildman–Crippen LogP) is 3.04. The molecule has 0 saturated carbocycles. The number of nitroso groups, excluding NO2 is 1. The lowest BCUT2D eigenvalue weighted by Crippen LogP contribution is -2.50. The van der Waals surface area contributed by atoms with Crippen molar-refractivity contribution >= 4 is 23.0 Å². The molecule has 32 heavy (non-hydrogen) atoms. The zero-order chi connectivity index (χ0) is 23.3. The van der Waals surface area contributed by atoms with Crippen molar-refractivity contribution in [2.75, 3.05) is 50.7 Å². The van der Waals surface area contributed by atoms with Gasteiger partial charge in [-0.05, 0) is 49.4 Å². The number of likely N-dealkylation sites (N-methyl/N-ethyl adjacent to an activating group) is 1. The van der Waals surface area contributed by atoms with E-state index in [4.69, 9.17) is 9.72 Å². The third-order valence-electron chi connectivity index (χ3n) is 5.76. The summed E-state index contributed by atoms with van der Waals surface area (Å²) in [5.41, 5.74) is 2.82. The summed E-state index contributed by atoms with van der Waals surface area (Å²) in [6.45, 7) is 9.24. The van der Waals surface area contributed by atoms with Gasteiger partial charge in [0, 0.05) is 32.7 Å². The monoisotopic (exact) mass is 444 g/mol. The van der Waals surface area contributed by atoms with Crippen LogP contribution in [0, 0.1) is 10.3 Å². The van der Waals surface area contributed by atoms with Crippen molar-refractivity contribution < 1.29 is 9.53 Å². The van der Waals surface area contributed by atoms with Gasteiger partial charge in [0.1, 0.15) is 6.10 Å². The number of nitrogens with zero attached hydrogens (tertiary/aromatic N) is 4. The fourth-order valence-electron chi connectivity index (χ4n) is 3.84. The Balaban J connectivity index is 1.65. The number of pyridine rings is 1. The summed E-state index contributed by atoms with van der Waals surface area (Å²) in [6.07, 6.45) is 4.11. The molecular weight excluding hydrogens is 408 g/mol. The first-order valence-electron chi connectivity index (χ1n) is 11.3. The van der Waals surface area contributed by atoms with Crippen LogP contribution in [0.4, 0.5) is 11.5 Å². The predicted molar refractivity (Wildman–Crippen MR) is 127 cm³/mol. The Labute approximate surface area is 190 Å². The second-order valence-corrected chi connectivity index (χ2v) is 9.92. The highest BCUT2D eigenvalue weighted by Crippen LogP contribution is 2.31. The summed E-state index contributed by atoms with van der Waals surface area (Å²) in [5, 5.41) is 10.8. The van der Waals surface area contributed by atoms with Crippen LogP contribution in [-0.2, 0) is 9.53 Å². The van der Waals surface area contributed by atoms with Crippen molar-refractivity contribution in [3.05, 3.63) is 28.8 Å². The van der Waals surface area contributed by atoms with Crippen molar-refractivity contribution in [3.63, 3.8) is 0 Å². The Morgan fingerprint density at radius 1 is 1.38 bits per heavy atom. The Kier molecular flexibility index (Phi) is 7.84. The first kappa shape index (κ1) is 24.1. The lowest BCUT2D eigenvalue weighted by molar-refractivity contribution is -0.138. The van der Waals surface area contributed by atoms with E-state index in [2.05, 4.69) is 47.7 Å². The summed E-state index contributed by atoms with van der Waals surface area (Å²) in [4.78, 5) is 30.6. The Morgan fingerprint density at radius 3 is 2.78 bits per heavy atom. The van der Waals surface area contributed by atoms with Crippen molar-refractivity contribution in [3.8, 4) is 0 Å². The van der Waals surface area contributed by atoms with E-state index in [1.54, 1.807) is 7.05 Å². The van der Waals surface area contributed by atoms with Crippen LogP contribution in [0.2, 0.25) is 0 Å². The first-order chi connectivity index (χ1) is 15.2. The van der Waals surface area contributed by atoms with Gasteiger partial charge >= 0.3 is 0 Å². The SMILES string of the molecule is CN1CCOC(C(=O)NC2CC=C(c3ccc(NCC(C)(C)C)c(N(C)N=O)n3)CC2)C1. The molecule has 0 aromatic carbocycles. The van der Waals surface area contributed by atoms with E-state index in [1.165, 1.54) is 5.01 Å². The minimum absolute atomic E-state index is 0.0354. The average Bonchev–Trinajstić information content (AvgIpc) is 2.77. The maximum atomic E-state index is 12.5. The smallest absolute Gasteiger partial charge is 0.250 e. The maximum absolute atomic E-state index is 12.5. The van der Waals surface area contributed by atoms with Gasteiger partial charge in [0.15, 0.2) is 5.82 Å². The second kappa shape index (κ2) is 10.4. The van der Waals surface area contributed by atoms with Gasteiger partial charge < -0.3 is 20.3 Å². The molecule has 9 heteroatoms. The molecule has 2 atom stereocenters. The number of morpholine rings is 1. The number of ether oxygens (including phenoxy) is 1. The summed E-state index contributed by atoms with van der Waals surface area (Å²) in [5.74, 6) is 0.475. The molecule has 1 fully saturated rings. The quantitative estimate of drug-likeness (QED) is 0.493. The number of amides is 1. The van der Waals surface area contributed by atoms with Crippen molar-refractivity contribution in [2.45, 2.75) is 52.2 Å². The van der Waals surface area contributed by atoms with Gasteiger partial charge in [0.05, 0.1) is 23.3 Å². The van der Waals surface area contributed by atoms with Crippen LogP contribution in [0.25, 0.3) is 5.57 Å². The van der Waals surface area contributed by atoms with E-state index in [9.17, 15) is 9.70 Å². The largest absolute Gasteiger partial charge is 0.381 e. The number of hydrogen-bond donors (Lipinski definition) is 2. The molecule has 1 aromatic heterocycles. The molecule has 1 aliphatic carbocycles. The van der Waals surface area contributed by atoms with E-state index < -0.39 is 6.10 Å². The molecule has 9 nitrogen and oxygen atoms in total. The summed E-state index contributed by atoms with van der Waals surface area (Å²) < 4.78 is 5.62. The van der Waals surface area contributed by atoms with Crippen LogP contribution in [0.15, 0.2) is 23.5 Å². The zero-order valence-corrected chi connectivity index (χ0v) is 19.9. The summed E-state index contributed by atoms with van der Waals surface area (Å²) in [7, 11) is 3.61. The maximum Gasteiger partial charge on any atom is 0.250 e. The molecule has 0 bridgehead atoms. The fraction of sp³-hybridized carbons (Fsp3) is 0.652. The van der Waals surface area contributed by atoms with Crippen LogP contribution in [0.1, 0.15) is 45.7 Å². The first-order valence-corrected chi connectivity index (χ1v) is 11.3. The Morgan fingerprint density at radius 2 is 2.16 bits per heavy atom. The molecule has 176 valence electrons. The highest BCUT2D eigenvalue weighted by molar-refractivity contribution is 5.81. The highest BCUT2D eigenvalue weighted by atomic mass is 16.5. The van der Waals surface area contributed by atoms with E-state index in [0.717, 1.165) is 49.3 Å². The number of aromatic nitrogens is 1. The zero-order valence-electron chi connectivity index (χ0n) is 19.9. The van der Waals surface area contributed by atoms with Gasteiger partial charge in [-0.1, -0.05) is 26.8 Å². The number of hydrogen-bond acceptors (Lipinski definition) is 7. The van der Waals surface area contributed by atoms with Crippen LogP contribution in [0.3, 0.4) is 0 Å². The molecule has 1 amide bonds. The van der Waals surface area contributed by atoms with E-state index >= 15 is 0 Å². The number of carbonyl (C=O) groups excluding carboxylic acids is 1. The third kappa shape index (κ3) is 6.49. The van der Waals surface area contributed by atoms with E-state index in [1.807, 2.05) is 19.2 Å². The van der Waals surface area contributed by atoms with Crippen molar-refractivity contribution in [1.82, 2.24) is 15.2 Å². The number of anilines is 2. The van der Waals surface area contributed by atoms with Crippen LogP contribution in [-0.4, -0.2) is 68.3 Å². The average molecular weight is 445 g/mol. The lowest BCUT2D eigenvalue weighted by atomic mass is 9.92. The van der Waals surface area contributed by atoms with Gasteiger partial charge in [-0.25, -0.2) is 9.99 Å². The molecule has 1 aliphatic heterocycles. The van der Waals surface area contributed by atoms with Gasteiger partial charge in [-0.2, -0.15) is 0 Å². The third-order valence-corrected chi connectivity index (χ3v) is 5.76. The second-order valence-electron chi connectivity index (χ2n) is 9.92. The summed E-state index contributed by atoms with van der Waals surface area (Å²) >= 11 is 0. The fourth-order valence-corrected chi connectivity index (χ4v) is 3.84. The molecule has 1 saturated heterocycles. The molecule has 0 spiro atoms. The van der Waals surface area contributed by atoms with Crippen molar-refractivity contribution in [2.24, 2.45) is 10.7 Å². The molecular formula is C23H36N6O3. The molecule has 2 heterocycles. The number of carbonyl (C=O) groups is 1. The Bertz CT molecular complexity index is 851. The van der Waals surface area contributed by atoms with Crippen LogP contribution in [0.5, 0.6) is 0 Å².